The smallest absolute Gasteiger partial charge is 0.243 e. The maximum atomic E-state index is 12.5. The first-order valence-electron chi connectivity index (χ1n) is 6.18. The fourth-order valence-corrected chi connectivity index (χ4v) is 4.29. The van der Waals surface area contributed by atoms with Crippen LogP contribution in [0.25, 0.3) is 0 Å². The fraction of sp³-hybridized carbons (Fsp3) is 0.308. The van der Waals surface area contributed by atoms with Gasteiger partial charge in [0.25, 0.3) is 0 Å². The van der Waals surface area contributed by atoms with Crippen molar-refractivity contribution in [3.63, 3.8) is 0 Å². The van der Waals surface area contributed by atoms with Crippen LogP contribution in [0.5, 0.6) is 0 Å². The Morgan fingerprint density at radius 1 is 1.35 bits per heavy atom. The first-order chi connectivity index (χ1) is 9.55. The Kier molecular flexibility index (Phi) is 4.87. The molecule has 2 aromatic heterocycles. The number of sulfonamides is 1. The number of nitrogens with two attached hydrogens (primary N) is 1. The van der Waals surface area contributed by atoms with Gasteiger partial charge in [-0.25, -0.2) is 12.7 Å². The highest BCUT2D eigenvalue weighted by Crippen LogP contribution is 2.24. The van der Waals surface area contributed by atoms with Crippen LogP contribution in [0.3, 0.4) is 0 Å². The molecule has 0 spiro atoms. The van der Waals surface area contributed by atoms with Gasteiger partial charge in [0.05, 0.1) is 4.90 Å². The van der Waals surface area contributed by atoms with Gasteiger partial charge in [-0.05, 0) is 23.6 Å². The van der Waals surface area contributed by atoms with Crippen LogP contribution in [0.1, 0.15) is 10.6 Å². The normalized spacial score (nSPS) is 11.9. The second-order valence-corrected chi connectivity index (χ2v) is 7.32. The molecule has 0 aliphatic rings. The molecule has 2 aromatic rings. The number of likely N-dealkylation sites (N-methyl/N-ethyl adjacent to an activating group) is 1. The molecule has 0 aliphatic carbocycles. The van der Waals surface area contributed by atoms with E-state index in [0.29, 0.717) is 22.7 Å². The van der Waals surface area contributed by atoms with Crippen LogP contribution >= 0.6 is 11.3 Å². The molecule has 0 fully saturated rings. The van der Waals surface area contributed by atoms with E-state index < -0.39 is 10.0 Å². The molecule has 0 unspecified atom stereocenters. The number of hydrogen-bond acceptors (Lipinski definition) is 5. The number of aromatic nitrogens is 1. The largest absolute Gasteiger partial charge is 0.326 e. The van der Waals surface area contributed by atoms with Gasteiger partial charge in [-0.15, -0.1) is 11.3 Å². The van der Waals surface area contributed by atoms with E-state index in [0.717, 1.165) is 5.69 Å². The standard InChI is InChI=1S/C13H17N3O2S2/c1-16(8-5-11-4-2-3-7-15-11)20(17,18)13-6-9-19-12(13)10-14/h2-4,6-7,9H,5,8,10,14H2,1H3. The fourth-order valence-electron chi connectivity index (χ4n) is 1.81. The Hall–Kier alpha value is -1.28. The van der Waals surface area contributed by atoms with E-state index in [4.69, 9.17) is 5.73 Å². The molecule has 20 heavy (non-hydrogen) atoms. The molecular weight excluding hydrogens is 294 g/mol. The van der Waals surface area contributed by atoms with Crippen LogP contribution in [-0.2, 0) is 23.0 Å². The average Bonchev–Trinajstić information content (AvgIpc) is 2.95. The summed E-state index contributed by atoms with van der Waals surface area (Å²) in [4.78, 5) is 5.19. The third-order valence-corrected chi connectivity index (χ3v) is 6.00. The minimum Gasteiger partial charge on any atom is -0.326 e. The Labute approximate surface area is 123 Å². The van der Waals surface area contributed by atoms with E-state index in [-0.39, 0.29) is 6.54 Å². The molecule has 0 saturated carbocycles. The Bertz CT molecular complexity index is 653. The molecule has 108 valence electrons. The third kappa shape index (κ3) is 3.24. The van der Waals surface area contributed by atoms with Crippen molar-refractivity contribution in [2.45, 2.75) is 17.9 Å². The van der Waals surface area contributed by atoms with Crippen molar-refractivity contribution < 1.29 is 8.42 Å². The van der Waals surface area contributed by atoms with E-state index >= 15 is 0 Å². The molecule has 0 bridgehead atoms. The number of hydrogen-bond donors (Lipinski definition) is 1. The number of thiophene rings is 1. The van der Waals surface area contributed by atoms with Gasteiger partial charge in [-0.1, -0.05) is 6.07 Å². The lowest BCUT2D eigenvalue weighted by molar-refractivity contribution is 0.470. The molecule has 2 rings (SSSR count). The van der Waals surface area contributed by atoms with E-state index in [1.807, 2.05) is 18.2 Å². The zero-order valence-corrected chi connectivity index (χ0v) is 12.8. The lowest BCUT2D eigenvalue weighted by atomic mass is 10.3. The Balaban J connectivity index is 2.10. The quantitative estimate of drug-likeness (QED) is 0.876. The maximum Gasteiger partial charge on any atom is 0.243 e. The van der Waals surface area contributed by atoms with Gasteiger partial charge in [-0.2, -0.15) is 0 Å². The van der Waals surface area contributed by atoms with Gasteiger partial charge in [0.15, 0.2) is 0 Å². The molecule has 7 heteroatoms. The summed E-state index contributed by atoms with van der Waals surface area (Å²) in [7, 11) is -1.89. The van der Waals surface area contributed by atoms with Crippen LogP contribution in [-0.4, -0.2) is 31.3 Å². The first kappa shape index (κ1) is 15.1. The van der Waals surface area contributed by atoms with Crippen molar-refractivity contribution in [2.75, 3.05) is 13.6 Å². The van der Waals surface area contributed by atoms with Crippen LogP contribution in [0.4, 0.5) is 0 Å². The first-order valence-corrected chi connectivity index (χ1v) is 8.50. The van der Waals surface area contributed by atoms with Crippen LogP contribution in [0, 0.1) is 0 Å². The topological polar surface area (TPSA) is 76.3 Å². The molecule has 2 heterocycles. The van der Waals surface area contributed by atoms with Gasteiger partial charge in [0.2, 0.25) is 10.0 Å². The van der Waals surface area contributed by atoms with Gasteiger partial charge in [0.1, 0.15) is 0 Å². The Morgan fingerprint density at radius 2 is 2.15 bits per heavy atom. The SMILES string of the molecule is CN(CCc1ccccn1)S(=O)(=O)c1ccsc1CN. The summed E-state index contributed by atoms with van der Waals surface area (Å²) in [6.45, 7) is 0.625. The molecular formula is C13H17N3O2S2. The second kappa shape index (κ2) is 6.45. The minimum absolute atomic E-state index is 0.236. The minimum atomic E-state index is -3.47. The molecule has 5 nitrogen and oxygen atoms in total. The van der Waals surface area contributed by atoms with E-state index in [2.05, 4.69) is 4.98 Å². The van der Waals surface area contributed by atoms with Crippen molar-refractivity contribution >= 4 is 21.4 Å². The molecule has 0 aliphatic heterocycles. The van der Waals surface area contributed by atoms with Crippen molar-refractivity contribution in [3.8, 4) is 0 Å². The van der Waals surface area contributed by atoms with Crippen molar-refractivity contribution in [1.82, 2.24) is 9.29 Å². The van der Waals surface area contributed by atoms with Crippen LogP contribution in [0.2, 0.25) is 0 Å². The maximum absolute atomic E-state index is 12.5. The van der Waals surface area contributed by atoms with E-state index in [9.17, 15) is 8.42 Å². The summed E-state index contributed by atoms with van der Waals surface area (Å²) in [5.41, 5.74) is 6.45. The van der Waals surface area contributed by atoms with Crippen molar-refractivity contribution in [1.29, 1.82) is 0 Å². The summed E-state index contributed by atoms with van der Waals surface area (Å²) in [5.74, 6) is 0. The number of rotatable bonds is 6. The van der Waals surface area contributed by atoms with E-state index in [1.54, 1.807) is 24.7 Å². The van der Waals surface area contributed by atoms with E-state index in [1.165, 1.54) is 15.6 Å². The molecule has 2 N–H and O–H groups in total. The van der Waals surface area contributed by atoms with Crippen LogP contribution in [0.15, 0.2) is 40.7 Å². The predicted molar refractivity (Wildman–Crippen MR) is 80.0 cm³/mol. The predicted octanol–water partition coefficient (Wildman–Crippen LogP) is 1.46. The highest BCUT2D eigenvalue weighted by molar-refractivity contribution is 7.89. The van der Waals surface area contributed by atoms with Gasteiger partial charge in [0, 0.05) is 43.3 Å². The average molecular weight is 311 g/mol. The molecule has 0 amide bonds. The summed E-state index contributed by atoms with van der Waals surface area (Å²) in [6, 6.07) is 7.22. The summed E-state index contributed by atoms with van der Waals surface area (Å²) < 4.78 is 26.3. The third-order valence-electron chi connectivity index (χ3n) is 2.99. The summed E-state index contributed by atoms with van der Waals surface area (Å²) in [5, 5.41) is 1.75. The van der Waals surface area contributed by atoms with Gasteiger partial charge < -0.3 is 5.73 Å². The lowest BCUT2D eigenvalue weighted by Gasteiger charge is -2.17. The number of pyridine rings is 1. The van der Waals surface area contributed by atoms with Gasteiger partial charge in [-0.3, -0.25) is 4.98 Å². The van der Waals surface area contributed by atoms with Crippen LogP contribution < -0.4 is 5.73 Å². The molecule has 0 saturated heterocycles. The molecule has 0 radical (unpaired) electrons. The lowest BCUT2D eigenvalue weighted by Crippen LogP contribution is -2.29. The highest BCUT2D eigenvalue weighted by Gasteiger charge is 2.24. The monoisotopic (exact) mass is 311 g/mol. The molecule has 0 aromatic carbocycles. The number of nitrogens with zero attached hydrogens (tertiary/aromatic N) is 2. The second-order valence-electron chi connectivity index (χ2n) is 4.31. The summed E-state index contributed by atoms with van der Waals surface area (Å²) >= 11 is 1.37. The van der Waals surface area contributed by atoms with Crippen molar-refractivity contribution in [3.05, 3.63) is 46.4 Å². The highest BCUT2D eigenvalue weighted by atomic mass is 32.2. The van der Waals surface area contributed by atoms with Gasteiger partial charge >= 0.3 is 0 Å². The zero-order valence-electron chi connectivity index (χ0n) is 11.2. The van der Waals surface area contributed by atoms with Crippen molar-refractivity contribution in [2.24, 2.45) is 5.73 Å². The summed E-state index contributed by atoms with van der Waals surface area (Å²) in [6.07, 6.45) is 2.29. The Morgan fingerprint density at radius 3 is 2.80 bits per heavy atom. The zero-order chi connectivity index (χ0) is 14.6. The molecule has 0 atom stereocenters.